The minimum absolute atomic E-state index is 0.0254. The van der Waals surface area contributed by atoms with E-state index in [1.165, 1.54) is 101 Å². The third-order valence-electron chi connectivity index (χ3n) is 6.93. The van der Waals surface area contributed by atoms with E-state index in [1.54, 1.807) is 12.1 Å². The Hall–Kier alpha value is -1.56. The Labute approximate surface area is 237 Å². The van der Waals surface area contributed by atoms with Crippen LogP contribution < -0.4 is 0 Å². The van der Waals surface area contributed by atoms with Crippen LogP contribution in [0.4, 0.5) is 0 Å². The van der Waals surface area contributed by atoms with Gasteiger partial charge in [-0.05, 0) is 54.0 Å². The van der Waals surface area contributed by atoms with Crippen molar-refractivity contribution in [2.75, 3.05) is 18.1 Å². The fourth-order valence-corrected chi connectivity index (χ4v) is 6.72. The molecule has 212 valence electrons. The highest BCUT2D eigenvalue weighted by Crippen LogP contribution is 2.22. The highest BCUT2D eigenvalue weighted by Gasteiger charge is 2.13. The summed E-state index contributed by atoms with van der Waals surface area (Å²) in [4.78, 5) is 1.62. The van der Waals surface area contributed by atoms with E-state index in [-0.39, 0.29) is 18.8 Å². The number of unbranched alkanes of at least 4 members (excludes halogenated alkanes) is 13. The van der Waals surface area contributed by atoms with Gasteiger partial charge in [0.05, 0.1) is 10.6 Å². The predicted molar refractivity (Wildman–Crippen MR) is 167 cm³/mol. The van der Waals surface area contributed by atoms with Gasteiger partial charge in [0.2, 0.25) is 0 Å². The van der Waals surface area contributed by atoms with E-state index in [4.69, 9.17) is 5.11 Å². The summed E-state index contributed by atoms with van der Waals surface area (Å²) in [5.74, 6) is 1.16. The van der Waals surface area contributed by atoms with E-state index in [9.17, 15) is 8.42 Å². The predicted octanol–water partition coefficient (Wildman–Crippen LogP) is 9.59. The first-order chi connectivity index (χ1) is 18.5. The third-order valence-corrected chi connectivity index (χ3v) is 9.84. The Morgan fingerprint density at radius 1 is 0.632 bits per heavy atom. The summed E-state index contributed by atoms with van der Waals surface area (Å²) in [5.41, 5.74) is 2.09. The number of thioether (sulfide) groups is 1. The number of rotatable bonds is 22. The van der Waals surface area contributed by atoms with Crippen LogP contribution in [0.25, 0.3) is 12.2 Å². The summed E-state index contributed by atoms with van der Waals surface area (Å²) in [7, 11) is -3.32. The first-order valence-corrected chi connectivity index (χ1v) is 17.5. The summed E-state index contributed by atoms with van der Waals surface area (Å²) in [6.45, 7) is 2.17. The molecule has 0 atom stereocenters. The maximum Gasteiger partial charge on any atom is 0.178 e. The number of aliphatic hydroxyl groups excluding tert-OH is 1. The summed E-state index contributed by atoms with van der Waals surface area (Å²) < 4.78 is 24.4. The fraction of sp³-hybridized carbons (Fsp3) is 0.576. The monoisotopic (exact) mass is 558 g/mol. The highest BCUT2D eigenvalue weighted by atomic mass is 32.2. The van der Waals surface area contributed by atoms with Crippen LogP contribution in [0, 0.1) is 0 Å². The van der Waals surface area contributed by atoms with Gasteiger partial charge in [0.15, 0.2) is 9.84 Å². The Kier molecular flexibility index (Phi) is 17.5. The average molecular weight is 559 g/mol. The Morgan fingerprint density at radius 2 is 1.08 bits per heavy atom. The molecule has 2 rings (SSSR count). The van der Waals surface area contributed by atoms with Crippen molar-refractivity contribution >= 4 is 33.8 Å². The van der Waals surface area contributed by atoms with Crippen LogP contribution in [0.15, 0.2) is 58.3 Å². The summed E-state index contributed by atoms with van der Waals surface area (Å²) in [5, 5.41) is 8.88. The van der Waals surface area contributed by atoms with E-state index in [1.807, 2.05) is 30.0 Å². The van der Waals surface area contributed by atoms with E-state index in [0.29, 0.717) is 4.90 Å². The lowest BCUT2D eigenvalue weighted by atomic mass is 10.0. The van der Waals surface area contributed by atoms with Gasteiger partial charge in [0, 0.05) is 11.5 Å². The van der Waals surface area contributed by atoms with Crippen molar-refractivity contribution in [3.8, 4) is 0 Å². The van der Waals surface area contributed by atoms with Crippen molar-refractivity contribution in [3.63, 3.8) is 0 Å². The second-order valence-corrected chi connectivity index (χ2v) is 13.6. The SMILES string of the molecule is CCCCCCCCCCCCCCCCSc1ccc(C=Cc2ccc(S(=O)(=O)CCCO)cc2)cc1. The summed E-state index contributed by atoms with van der Waals surface area (Å²) in [6, 6.07) is 15.6. The number of benzene rings is 2. The molecule has 0 fully saturated rings. The van der Waals surface area contributed by atoms with Crippen LogP contribution in [0.2, 0.25) is 0 Å². The zero-order chi connectivity index (χ0) is 27.3. The molecule has 0 aliphatic heterocycles. The van der Waals surface area contributed by atoms with E-state index >= 15 is 0 Å². The molecular weight excluding hydrogens is 508 g/mol. The molecule has 0 aliphatic rings. The molecule has 2 aromatic carbocycles. The molecule has 3 nitrogen and oxygen atoms in total. The van der Waals surface area contributed by atoms with Crippen molar-refractivity contribution in [2.24, 2.45) is 0 Å². The molecule has 1 N–H and O–H groups in total. The minimum atomic E-state index is -3.32. The van der Waals surface area contributed by atoms with Crippen molar-refractivity contribution in [1.82, 2.24) is 0 Å². The molecule has 0 unspecified atom stereocenters. The van der Waals surface area contributed by atoms with Crippen LogP contribution in [0.5, 0.6) is 0 Å². The van der Waals surface area contributed by atoms with Gasteiger partial charge in [-0.25, -0.2) is 8.42 Å². The molecule has 0 aromatic heterocycles. The van der Waals surface area contributed by atoms with Crippen LogP contribution in [0.3, 0.4) is 0 Å². The highest BCUT2D eigenvalue weighted by molar-refractivity contribution is 7.99. The Morgan fingerprint density at radius 3 is 1.55 bits per heavy atom. The molecule has 0 aliphatic carbocycles. The van der Waals surface area contributed by atoms with E-state index < -0.39 is 9.84 Å². The zero-order valence-corrected chi connectivity index (χ0v) is 25.2. The Balaban J connectivity index is 1.54. The maximum absolute atomic E-state index is 12.2. The van der Waals surface area contributed by atoms with Crippen molar-refractivity contribution < 1.29 is 13.5 Å². The van der Waals surface area contributed by atoms with Crippen molar-refractivity contribution in [2.45, 2.75) is 113 Å². The van der Waals surface area contributed by atoms with Gasteiger partial charge in [-0.3, -0.25) is 0 Å². The maximum atomic E-state index is 12.2. The molecular formula is C33H50O3S2. The van der Waals surface area contributed by atoms with Crippen LogP contribution in [-0.4, -0.2) is 31.6 Å². The topological polar surface area (TPSA) is 54.4 Å². The largest absolute Gasteiger partial charge is 0.396 e. The lowest BCUT2D eigenvalue weighted by molar-refractivity contribution is 0.295. The van der Waals surface area contributed by atoms with Crippen LogP contribution in [-0.2, 0) is 9.84 Å². The first-order valence-electron chi connectivity index (χ1n) is 14.9. The molecule has 2 aromatic rings. The Bertz CT molecular complexity index is 980. The molecule has 0 saturated carbocycles. The first kappa shape index (κ1) is 32.7. The average Bonchev–Trinajstić information content (AvgIpc) is 2.94. The summed E-state index contributed by atoms with van der Waals surface area (Å²) in [6.07, 6.45) is 23.9. The zero-order valence-electron chi connectivity index (χ0n) is 23.6. The number of hydrogen-bond acceptors (Lipinski definition) is 4. The van der Waals surface area contributed by atoms with Crippen LogP contribution in [0.1, 0.15) is 114 Å². The van der Waals surface area contributed by atoms with Crippen LogP contribution >= 0.6 is 11.8 Å². The molecule has 5 heteroatoms. The fourth-order valence-electron chi connectivity index (χ4n) is 4.51. The normalized spacial score (nSPS) is 11.9. The number of aliphatic hydroxyl groups is 1. The van der Waals surface area contributed by atoms with Gasteiger partial charge in [0.25, 0.3) is 0 Å². The third kappa shape index (κ3) is 14.6. The molecule has 38 heavy (non-hydrogen) atoms. The van der Waals surface area contributed by atoms with Gasteiger partial charge in [-0.2, -0.15) is 0 Å². The van der Waals surface area contributed by atoms with Gasteiger partial charge < -0.3 is 5.11 Å². The molecule has 0 radical (unpaired) electrons. The molecule has 0 saturated heterocycles. The molecule has 0 bridgehead atoms. The second kappa shape index (κ2) is 20.4. The van der Waals surface area contributed by atoms with Gasteiger partial charge >= 0.3 is 0 Å². The van der Waals surface area contributed by atoms with E-state index in [2.05, 4.69) is 37.3 Å². The van der Waals surface area contributed by atoms with Gasteiger partial charge in [-0.1, -0.05) is 127 Å². The lowest BCUT2D eigenvalue weighted by Crippen LogP contribution is -2.08. The lowest BCUT2D eigenvalue weighted by Gasteiger charge is -2.04. The van der Waals surface area contributed by atoms with Crippen molar-refractivity contribution in [3.05, 3.63) is 59.7 Å². The second-order valence-electron chi connectivity index (χ2n) is 10.3. The smallest absolute Gasteiger partial charge is 0.178 e. The van der Waals surface area contributed by atoms with E-state index in [0.717, 1.165) is 11.1 Å². The molecule has 0 heterocycles. The standard InChI is InChI=1S/C33H50O3S2/c1-2-3-4-5-6-7-8-9-10-11-12-13-14-15-28-37-32-23-19-30(20-24-32)17-18-31-21-25-33(26-22-31)38(35,36)29-16-27-34/h17-26,34H,2-16,27-29H2,1H3. The number of hydrogen-bond donors (Lipinski definition) is 1. The minimum Gasteiger partial charge on any atom is -0.396 e. The molecule has 0 spiro atoms. The van der Waals surface area contributed by atoms with Gasteiger partial charge in [-0.15, -0.1) is 11.8 Å². The summed E-state index contributed by atoms with van der Waals surface area (Å²) >= 11 is 1.94. The number of sulfone groups is 1. The van der Waals surface area contributed by atoms with Crippen molar-refractivity contribution in [1.29, 1.82) is 0 Å². The molecule has 0 amide bonds. The van der Waals surface area contributed by atoms with Gasteiger partial charge in [0.1, 0.15) is 0 Å². The quantitative estimate of drug-likeness (QED) is 0.0888.